The molecule has 0 aliphatic carbocycles. The summed E-state index contributed by atoms with van der Waals surface area (Å²) in [6.07, 6.45) is 8.07. The van der Waals surface area contributed by atoms with Gasteiger partial charge in [0, 0.05) is 37.3 Å². The molecule has 3 heterocycles. The Hall–Kier alpha value is -0.160. The topological polar surface area (TPSA) is 41.7 Å². The predicted molar refractivity (Wildman–Crippen MR) is 77.2 cm³/mol. The zero-order valence-corrected chi connectivity index (χ0v) is 12.5. The number of fused-ring (bicyclic) bond motifs is 2. The van der Waals surface area contributed by atoms with Gasteiger partial charge in [0.1, 0.15) is 0 Å². The number of nitrogens with zero attached hydrogens (tertiary/aromatic N) is 2. The van der Waals surface area contributed by atoms with Crippen LogP contribution in [0, 0.1) is 0 Å². The molecule has 3 rings (SSSR count). The molecule has 4 nitrogen and oxygen atoms in total. The van der Waals surface area contributed by atoms with E-state index in [1.807, 2.05) is 0 Å². The van der Waals surface area contributed by atoms with Gasteiger partial charge in [-0.25, -0.2) is 0 Å². The van der Waals surface area contributed by atoms with Crippen LogP contribution < -0.4 is 5.73 Å². The van der Waals surface area contributed by atoms with E-state index in [0.717, 1.165) is 31.8 Å². The van der Waals surface area contributed by atoms with Crippen molar-refractivity contribution in [3.63, 3.8) is 0 Å². The summed E-state index contributed by atoms with van der Waals surface area (Å²) in [5, 5.41) is 0. The van der Waals surface area contributed by atoms with Crippen LogP contribution in [-0.4, -0.2) is 67.3 Å². The molecule has 3 saturated heterocycles. The first kappa shape index (κ1) is 13.8. The van der Waals surface area contributed by atoms with Gasteiger partial charge in [-0.05, 0) is 52.6 Å². The molecule has 0 aromatic carbocycles. The standard InChI is InChI=1S/C15H29N3O/c1-17(10-14-4-3-7-19-14)15(11-16)8-12-5-6-13(9-15)18(12)2/h12-14H,3-11,16H2,1-2H3. The summed E-state index contributed by atoms with van der Waals surface area (Å²) < 4.78 is 5.80. The smallest absolute Gasteiger partial charge is 0.0702 e. The van der Waals surface area contributed by atoms with Gasteiger partial charge < -0.3 is 15.4 Å². The third-order valence-electron chi connectivity index (χ3n) is 5.91. The van der Waals surface area contributed by atoms with Crippen LogP contribution in [0.4, 0.5) is 0 Å². The molecule has 3 atom stereocenters. The van der Waals surface area contributed by atoms with E-state index in [1.165, 1.54) is 38.5 Å². The Morgan fingerprint density at radius 2 is 1.95 bits per heavy atom. The van der Waals surface area contributed by atoms with E-state index in [4.69, 9.17) is 10.5 Å². The summed E-state index contributed by atoms with van der Waals surface area (Å²) in [5.41, 5.74) is 6.42. The Balaban J connectivity index is 1.68. The number of hydrogen-bond donors (Lipinski definition) is 1. The number of hydrogen-bond acceptors (Lipinski definition) is 4. The monoisotopic (exact) mass is 267 g/mol. The zero-order chi connectivity index (χ0) is 13.5. The summed E-state index contributed by atoms with van der Waals surface area (Å²) in [7, 11) is 4.56. The molecule has 19 heavy (non-hydrogen) atoms. The minimum atomic E-state index is 0.213. The molecule has 4 heteroatoms. The van der Waals surface area contributed by atoms with Gasteiger partial charge in [0.25, 0.3) is 0 Å². The van der Waals surface area contributed by atoms with E-state index in [2.05, 4.69) is 23.9 Å². The number of piperidine rings is 1. The van der Waals surface area contributed by atoms with Crippen LogP contribution in [0.1, 0.15) is 38.5 Å². The molecule has 0 aromatic rings. The van der Waals surface area contributed by atoms with Crippen molar-refractivity contribution >= 4 is 0 Å². The molecule has 0 saturated carbocycles. The molecule has 0 aromatic heterocycles. The molecule has 0 amide bonds. The van der Waals surface area contributed by atoms with Crippen molar-refractivity contribution in [2.75, 3.05) is 33.8 Å². The van der Waals surface area contributed by atoms with Crippen molar-refractivity contribution in [2.24, 2.45) is 5.73 Å². The molecule has 0 spiro atoms. The number of likely N-dealkylation sites (N-methyl/N-ethyl adjacent to an activating group) is 1. The van der Waals surface area contributed by atoms with Crippen LogP contribution in [0.2, 0.25) is 0 Å². The van der Waals surface area contributed by atoms with Crippen LogP contribution >= 0.6 is 0 Å². The summed E-state index contributed by atoms with van der Waals surface area (Å²) in [6.45, 7) is 2.79. The first-order valence-corrected chi connectivity index (χ1v) is 7.89. The molecule has 2 bridgehead atoms. The average Bonchev–Trinajstić information content (AvgIpc) is 2.96. The second-order valence-corrected chi connectivity index (χ2v) is 6.90. The maximum absolute atomic E-state index is 6.21. The van der Waals surface area contributed by atoms with Gasteiger partial charge in [-0.2, -0.15) is 0 Å². The van der Waals surface area contributed by atoms with Crippen molar-refractivity contribution in [3.05, 3.63) is 0 Å². The predicted octanol–water partition coefficient (Wildman–Crippen LogP) is 1.05. The lowest BCUT2D eigenvalue weighted by Crippen LogP contribution is -2.61. The molecule has 2 N–H and O–H groups in total. The summed E-state index contributed by atoms with van der Waals surface area (Å²) in [4.78, 5) is 5.12. The fourth-order valence-electron chi connectivity index (χ4n) is 4.46. The van der Waals surface area contributed by atoms with E-state index in [0.29, 0.717) is 6.10 Å². The Morgan fingerprint density at radius 3 is 2.47 bits per heavy atom. The third-order valence-corrected chi connectivity index (χ3v) is 5.91. The lowest BCUT2D eigenvalue weighted by molar-refractivity contribution is -0.0130. The molecular weight excluding hydrogens is 238 g/mol. The molecule has 3 unspecified atom stereocenters. The number of ether oxygens (including phenoxy) is 1. The van der Waals surface area contributed by atoms with Crippen LogP contribution in [0.3, 0.4) is 0 Å². The Bertz CT molecular complexity index is 303. The van der Waals surface area contributed by atoms with Gasteiger partial charge in [0.2, 0.25) is 0 Å². The van der Waals surface area contributed by atoms with E-state index in [9.17, 15) is 0 Å². The Morgan fingerprint density at radius 1 is 1.26 bits per heavy atom. The van der Waals surface area contributed by atoms with Crippen molar-refractivity contribution in [1.82, 2.24) is 9.80 Å². The highest BCUT2D eigenvalue weighted by Crippen LogP contribution is 2.42. The third kappa shape index (κ3) is 2.44. The summed E-state index contributed by atoms with van der Waals surface area (Å²) >= 11 is 0. The van der Waals surface area contributed by atoms with E-state index >= 15 is 0 Å². The minimum absolute atomic E-state index is 0.213. The lowest BCUT2D eigenvalue weighted by Gasteiger charge is -2.50. The first-order chi connectivity index (χ1) is 9.14. The zero-order valence-electron chi connectivity index (χ0n) is 12.5. The highest BCUT2D eigenvalue weighted by Gasteiger charge is 2.48. The van der Waals surface area contributed by atoms with Crippen molar-refractivity contribution in [2.45, 2.75) is 62.3 Å². The summed E-state index contributed by atoms with van der Waals surface area (Å²) in [5.74, 6) is 0. The highest BCUT2D eigenvalue weighted by molar-refractivity contribution is 5.06. The maximum Gasteiger partial charge on any atom is 0.0702 e. The van der Waals surface area contributed by atoms with Crippen LogP contribution in [0.5, 0.6) is 0 Å². The fraction of sp³-hybridized carbons (Fsp3) is 1.00. The van der Waals surface area contributed by atoms with Crippen molar-refractivity contribution in [3.8, 4) is 0 Å². The minimum Gasteiger partial charge on any atom is -0.377 e. The lowest BCUT2D eigenvalue weighted by atomic mass is 9.81. The van der Waals surface area contributed by atoms with Crippen molar-refractivity contribution < 1.29 is 4.74 Å². The quantitative estimate of drug-likeness (QED) is 0.827. The second-order valence-electron chi connectivity index (χ2n) is 6.90. The summed E-state index contributed by atoms with van der Waals surface area (Å²) in [6, 6.07) is 1.49. The molecule has 3 aliphatic rings. The fourth-order valence-corrected chi connectivity index (χ4v) is 4.46. The van der Waals surface area contributed by atoms with Crippen LogP contribution in [0.15, 0.2) is 0 Å². The average molecular weight is 267 g/mol. The molecule has 3 aliphatic heterocycles. The molecule has 110 valence electrons. The van der Waals surface area contributed by atoms with Crippen LogP contribution in [0.25, 0.3) is 0 Å². The Labute approximate surface area is 117 Å². The van der Waals surface area contributed by atoms with E-state index in [1.54, 1.807) is 0 Å². The molecule has 3 fully saturated rings. The molecular formula is C15H29N3O. The normalized spacial score (nSPS) is 43.3. The van der Waals surface area contributed by atoms with Crippen LogP contribution in [-0.2, 0) is 4.74 Å². The highest BCUT2D eigenvalue weighted by atomic mass is 16.5. The van der Waals surface area contributed by atoms with E-state index in [-0.39, 0.29) is 5.54 Å². The largest absolute Gasteiger partial charge is 0.377 e. The first-order valence-electron chi connectivity index (χ1n) is 7.89. The van der Waals surface area contributed by atoms with Gasteiger partial charge in [-0.1, -0.05) is 0 Å². The van der Waals surface area contributed by atoms with Gasteiger partial charge in [0.15, 0.2) is 0 Å². The van der Waals surface area contributed by atoms with Gasteiger partial charge in [-0.3, -0.25) is 4.90 Å². The second kappa shape index (κ2) is 5.32. The number of nitrogens with two attached hydrogens (primary N) is 1. The van der Waals surface area contributed by atoms with Crippen molar-refractivity contribution in [1.29, 1.82) is 0 Å². The Kier molecular flexibility index (Phi) is 3.87. The maximum atomic E-state index is 6.21. The van der Waals surface area contributed by atoms with Gasteiger partial charge in [-0.15, -0.1) is 0 Å². The number of rotatable bonds is 4. The SMILES string of the molecule is CN1C2CCC1CC(CN)(N(C)CC1CCCO1)C2. The van der Waals surface area contributed by atoms with E-state index < -0.39 is 0 Å². The van der Waals surface area contributed by atoms with Gasteiger partial charge >= 0.3 is 0 Å². The molecule has 0 radical (unpaired) electrons. The van der Waals surface area contributed by atoms with Gasteiger partial charge in [0.05, 0.1) is 6.10 Å².